The van der Waals surface area contributed by atoms with Crippen LogP contribution < -0.4 is 0 Å². The first-order valence-electron chi connectivity index (χ1n) is 4.22. The smallest absolute Gasteiger partial charge is 0.181 e. The van der Waals surface area contributed by atoms with Gasteiger partial charge < -0.3 is 5.11 Å². The molecule has 66 valence electrons. The third-order valence-corrected chi connectivity index (χ3v) is 2.01. The maximum Gasteiger partial charge on any atom is 0.181 e. The highest BCUT2D eigenvalue weighted by atomic mass is 16.3. The predicted octanol–water partition coefficient (Wildman–Crippen LogP) is 0.909. The largest absolute Gasteiger partial charge is 0.382 e. The molecule has 0 saturated heterocycles. The van der Waals surface area contributed by atoms with Gasteiger partial charge in [0.2, 0.25) is 0 Å². The summed E-state index contributed by atoms with van der Waals surface area (Å²) >= 11 is 0. The molecular weight excluding hydrogens is 154 g/mol. The Labute approximate surface area is 71.0 Å². The average molecular weight is 167 g/mol. The summed E-state index contributed by atoms with van der Waals surface area (Å²) in [5.74, 6) is 1.98. The maximum atomic E-state index is 9.56. The van der Waals surface area contributed by atoms with E-state index in [1.54, 1.807) is 13.8 Å². The lowest BCUT2D eigenvalue weighted by atomic mass is 10.1. The third-order valence-electron chi connectivity index (χ3n) is 2.01. The van der Waals surface area contributed by atoms with Crippen molar-refractivity contribution in [1.29, 1.82) is 0 Å². The van der Waals surface area contributed by atoms with Crippen molar-refractivity contribution >= 4 is 0 Å². The van der Waals surface area contributed by atoms with Crippen LogP contribution in [0.1, 0.15) is 44.3 Å². The minimum Gasteiger partial charge on any atom is -0.382 e. The van der Waals surface area contributed by atoms with Gasteiger partial charge in [-0.25, -0.2) is 4.98 Å². The molecule has 0 aromatic carbocycles. The van der Waals surface area contributed by atoms with Crippen LogP contribution in [0.5, 0.6) is 0 Å². The van der Waals surface area contributed by atoms with Gasteiger partial charge >= 0.3 is 0 Å². The first kappa shape index (κ1) is 7.73. The fourth-order valence-electron chi connectivity index (χ4n) is 1.09. The van der Waals surface area contributed by atoms with Gasteiger partial charge in [0.15, 0.2) is 5.82 Å². The average Bonchev–Trinajstić information content (AvgIpc) is 2.66. The number of nitrogens with zero attached hydrogens (tertiary/aromatic N) is 2. The van der Waals surface area contributed by atoms with E-state index in [0.717, 1.165) is 5.82 Å². The fraction of sp³-hybridized carbons (Fsp3) is 0.750. The van der Waals surface area contributed by atoms with E-state index in [4.69, 9.17) is 0 Å². The lowest BCUT2D eigenvalue weighted by Crippen LogP contribution is -2.17. The van der Waals surface area contributed by atoms with E-state index in [-0.39, 0.29) is 0 Å². The van der Waals surface area contributed by atoms with Crippen molar-refractivity contribution in [3.8, 4) is 0 Å². The zero-order chi connectivity index (χ0) is 8.77. The molecule has 0 unspecified atom stereocenters. The summed E-state index contributed by atoms with van der Waals surface area (Å²) in [4.78, 5) is 4.23. The third kappa shape index (κ3) is 1.34. The zero-order valence-electron chi connectivity index (χ0n) is 7.33. The molecule has 12 heavy (non-hydrogen) atoms. The lowest BCUT2D eigenvalue weighted by molar-refractivity contribution is 0.0690. The molecular formula is C8H13N3O. The van der Waals surface area contributed by atoms with E-state index >= 15 is 0 Å². The van der Waals surface area contributed by atoms with Gasteiger partial charge in [-0.05, 0) is 26.7 Å². The molecule has 0 radical (unpaired) electrons. The molecule has 1 fully saturated rings. The second kappa shape index (κ2) is 2.29. The molecule has 1 heterocycles. The van der Waals surface area contributed by atoms with Crippen LogP contribution in [0, 0.1) is 0 Å². The zero-order valence-corrected chi connectivity index (χ0v) is 7.33. The van der Waals surface area contributed by atoms with E-state index in [0.29, 0.717) is 11.7 Å². The Morgan fingerprint density at radius 1 is 1.50 bits per heavy atom. The van der Waals surface area contributed by atoms with Gasteiger partial charge in [0.25, 0.3) is 0 Å². The van der Waals surface area contributed by atoms with Crippen molar-refractivity contribution in [2.75, 3.05) is 0 Å². The number of nitrogens with one attached hydrogen (secondary N) is 1. The summed E-state index contributed by atoms with van der Waals surface area (Å²) in [5, 5.41) is 16.4. The predicted molar refractivity (Wildman–Crippen MR) is 43.6 cm³/mol. The Morgan fingerprint density at radius 3 is 2.58 bits per heavy atom. The summed E-state index contributed by atoms with van der Waals surface area (Å²) < 4.78 is 0. The highest BCUT2D eigenvalue weighted by molar-refractivity contribution is 5.07. The molecule has 0 aliphatic heterocycles. The van der Waals surface area contributed by atoms with Crippen molar-refractivity contribution in [3.63, 3.8) is 0 Å². The van der Waals surface area contributed by atoms with Crippen molar-refractivity contribution in [1.82, 2.24) is 15.2 Å². The van der Waals surface area contributed by atoms with Crippen LogP contribution in [0.25, 0.3) is 0 Å². The molecule has 1 saturated carbocycles. The van der Waals surface area contributed by atoms with Gasteiger partial charge in [-0.2, -0.15) is 5.10 Å². The standard InChI is InChI=1S/C8H13N3O/c1-8(2,12)7-9-6(10-11-7)5-3-4-5/h5,12H,3-4H2,1-2H3,(H,9,10,11). The minimum atomic E-state index is -0.927. The Morgan fingerprint density at radius 2 is 2.17 bits per heavy atom. The first-order valence-corrected chi connectivity index (χ1v) is 4.22. The Kier molecular flexibility index (Phi) is 1.48. The van der Waals surface area contributed by atoms with E-state index in [2.05, 4.69) is 15.2 Å². The van der Waals surface area contributed by atoms with E-state index in [1.807, 2.05) is 0 Å². The number of aromatic amines is 1. The molecule has 1 aromatic heterocycles. The number of hydrogen-bond acceptors (Lipinski definition) is 3. The quantitative estimate of drug-likeness (QED) is 0.688. The highest BCUT2D eigenvalue weighted by Gasteiger charge is 2.29. The fourth-order valence-corrected chi connectivity index (χ4v) is 1.09. The van der Waals surface area contributed by atoms with Gasteiger partial charge in [-0.3, -0.25) is 5.10 Å². The van der Waals surface area contributed by atoms with Crippen LogP contribution in [-0.2, 0) is 5.60 Å². The number of aliphatic hydroxyl groups is 1. The van der Waals surface area contributed by atoms with Gasteiger partial charge in [0.1, 0.15) is 11.4 Å². The summed E-state index contributed by atoms with van der Waals surface area (Å²) in [7, 11) is 0. The Balaban J connectivity index is 2.23. The maximum absolute atomic E-state index is 9.56. The Hall–Kier alpha value is -0.900. The van der Waals surface area contributed by atoms with Crippen molar-refractivity contribution in [2.45, 2.75) is 38.2 Å². The van der Waals surface area contributed by atoms with Crippen LogP contribution in [0.4, 0.5) is 0 Å². The van der Waals surface area contributed by atoms with Crippen LogP contribution >= 0.6 is 0 Å². The monoisotopic (exact) mass is 167 g/mol. The van der Waals surface area contributed by atoms with Crippen molar-refractivity contribution in [3.05, 3.63) is 11.6 Å². The summed E-state index contributed by atoms with van der Waals surface area (Å²) in [5.41, 5.74) is -0.927. The Bertz CT molecular complexity index is 283. The van der Waals surface area contributed by atoms with Crippen LogP contribution in [0.2, 0.25) is 0 Å². The number of hydrogen-bond donors (Lipinski definition) is 2. The molecule has 4 nitrogen and oxygen atoms in total. The van der Waals surface area contributed by atoms with Gasteiger partial charge in [0, 0.05) is 5.92 Å². The number of rotatable bonds is 2. The van der Waals surface area contributed by atoms with Gasteiger partial charge in [-0.1, -0.05) is 0 Å². The first-order chi connectivity index (χ1) is 5.57. The molecule has 2 rings (SSSR count). The number of H-pyrrole nitrogens is 1. The number of aromatic nitrogens is 3. The molecule has 1 aliphatic carbocycles. The SMILES string of the molecule is CC(C)(O)c1n[nH]c(C2CC2)n1. The van der Waals surface area contributed by atoms with E-state index in [1.165, 1.54) is 12.8 Å². The molecule has 0 bridgehead atoms. The van der Waals surface area contributed by atoms with E-state index < -0.39 is 5.60 Å². The van der Waals surface area contributed by atoms with Crippen molar-refractivity contribution < 1.29 is 5.11 Å². The second-order valence-corrected chi connectivity index (χ2v) is 3.88. The van der Waals surface area contributed by atoms with Crippen LogP contribution in [0.3, 0.4) is 0 Å². The molecule has 0 atom stereocenters. The molecule has 1 aromatic rings. The minimum absolute atomic E-state index is 0.490. The molecule has 0 spiro atoms. The van der Waals surface area contributed by atoms with Gasteiger partial charge in [-0.15, -0.1) is 0 Å². The lowest BCUT2D eigenvalue weighted by Gasteiger charge is -2.10. The summed E-state index contributed by atoms with van der Waals surface area (Å²) in [6, 6.07) is 0. The topological polar surface area (TPSA) is 61.8 Å². The normalized spacial score (nSPS) is 18.2. The van der Waals surface area contributed by atoms with Crippen LogP contribution in [-0.4, -0.2) is 20.3 Å². The van der Waals surface area contributed by atoms with Gasteiger partial charge in [0.05, 0.1) is 0 Å². The highest BCUT2D eigenvalue weighted by Crippen LogP contribution is 2.38. The molecule has 4 heteroatoms. The summed E-state index contributed by atoms with van der Waals surface area (Å²) in [6.45, 7) is 3.37. The second-order valence-electron chi connectivity index (χ2n) is 3.88. The van der Waals surface area contributed by atoms with Crippen LogP contribution in [0.15, 0.2) is 0 Å². The van der Waals surface area contributed by atoms with Crippen molar-refractivity contribution in [2.24, 2.45) is 0 Å². The molecule has 0 amide bonds. The van der Waals surface area contributed by atoms with E-state index in [9.17, 15) is 5.11 Å². The molecule has 1 aliphatic rings. The summed E-state index contributed by atoms with van der Waals surface area (Å²) in [6.07, 6.45) is 2.39. The molecule has 2 N–H and O–H groups in total.